The number of nitrogens with one attached hydrogen (secondary N) is 1. The van der Waals surface area contributed by atoms with E-state index in [0.29, 0.717) is 6.42 Å². The van der Waals surface area contributed by atoms with Crippen LogP contribution >= 0.6 is 0 Å². The molecule has 14 heavy (non-hydrogen) atoms. The van der Waals surface area contributed by atoms with Crippen molar-refractivity contribution in [1.82, 2.24) is 5.32 Å². The first-order valence-corrected chi connectivity index (χ1v) is 5.65. The lowest BCUT2D eigenvalue weighted by atomic mass is 10.3. The Morgan fingerprint density at radius 1 is 1.29 bits per heavy atom. The van der Waals surface area contributed by atoms with Crippen LogP contribution in [0.2, 0.25) is 0 Å². The molecule has 0 rings (SSSR count). The number of unbranched alkanes of at least 4 members (excludes halogenated alkanes) is 1. The van der Waals surface area contributed by atoms with Crippen molar-refractivity contribution >= 4 is 5.91 Å². The van der Waals surface area contributed by atoms with Crippen molar-refractivity contribution in [1.29, 1.82) is 0 Å². The van der Waals surface area contributed by atoms with Crippen molar-refractivity contribution in [2.24, 2.45) is 0 Å². The standard InChI is InChI=1S/C9H19NO2.C2H6.H2/c1-3-9(11)10-7-5-6-8-12-4-2;1-2;/h3-8H2,1-2H3,(H,10,11);1-2H3;1H. The number of rotatable bonds is 7. The zero-order valence-electron chi connectivity index (χ0n) is 10.1. The maximum atomic E-state index is 10.8. The van der Waals surface area contributed by atoms with E-state index in [0.717, 1.165) is 32.6 Å². The van der Waals surface area contributed by atoms with E-state index in [2.05, 4.69) is 5.32 Å². The van der Waals surface area contributed by atoms with E-state index in [4.69, 9.17) is 4.74 Å². The van der Waals surface area contributed by atoms with Gasteiger partial charge in [0.2, 0.25) is 5.91 Å². The van der Waals surface area contributed by atoms with E-state index in [1.165, 1.54) is 0 Å². The van der Waals surface area contributed by atoms with Crippen LogP contribution in [-0.4, -0.2) is 25.7 Å². The molecule has 1 amide bonds. The fourth-order valence-corrected chi connectivity index (χ4v) is 0.826. The maximum Gasteiger partial charge on any atom is 0.219 e. The largest absolute Gasteiger partial charge is 0.382 e. The molecule has 0 saturated carbocycles. The smallest absolute Gasteiger partial charge is 0.219 e. The molecule has 0 aliphatic carbocycles. The van der Waals surface area contributed by atoms with Crippen molar-refractivity contribution in [3.05, 3.63) is 0 Å². The first-order chi connectivity index (χ1) is 6.81. The van der Waals surface area contributed by atoms with Gasteiger partial charge in [0.15, 0.2) is 0 Å². The number of amides is 1. The summed E-state index contributed by atoms with van der Waals surface area (Å²) < 4.78 is 5.15. The summed E-state index contributed by atoms with van der Waals surface area (Å²) in [6, 6.07) is 0. The maximum absolute atomic E-state index is 10.8. The van der Waals surface area contributed by atoms with E-state index < -0.39 is 0 Å². The highest BCUT2D eigenvalue weighted by Crippen LogP contribution is 1.88. The van der Waals surface area contributed by atoms with E-state index in [-0.39, 0.29) is 7.33 Å². The van der Waals surface area contributed by atoms with Crippen molar-refractivity contribution in [3.63, 3.8) is 0 Å². The molecule has 1 N–H and O–H groups in total. The Bertz CT molecular complexity index is 121. The zero-order valence-corrected chi connectivity index (χ0v) is 10.1. The van der Waals surface area contributed by atoms with Gasteiger partial charge in [-0.2, -0.15) is 0 Å². The van der Waals surface area contributed by atoms with Crippen molar-refractivity contribution in [3.8, 4) is 0 Å². The molecule has 0 spiro atoms. The van der Waals surface area contributed by atoms with Crippen LogP contribution in [0.1, 0.15) is 48.4 Å². The van der Waals surface area contributed by atoms with Crippen LogP contribution in [0.5, 0.6) is 0 Å². The monoisotopic (exact) mass is 205 g/mol. The van der Waals surface area contributed by atoms with Crippen LogP contribution in [0, 0.1) is 0 Å². The molecule has 0 saturated heterocycles. The highest BCUT2D eigenvalue weighted by atomic mass is 16.5. The normalized spacial score (nSPS) is 8.86. The molecule has 0 aliphatic heterocycles. The van der Waals surface area contributed by atoms with Crippen molar-refractivity contribution in [2.45, 2.75) is 47.0 Å². The minimum atomic E-state index is 0. The predicted octanol–water partition coefficient (Wildman–Crippen LogP) is 2.60. The van der Waals surface area contributed by atoms with Gasteiger partial charge in [-0.05, 0) is 19.8 Å². The molecule has 0 radical (unpaired) electrons. The molecule has 3 heteroatoms. The Morgan fingerprint density at radius 2 is 1.93 bits per heavy atom. The molecule has 0 aromatic carbocycles. The summed E-state index contributed by atoms with van der Waals surface area (Å²) in [4.78, 5) is 10.8. The highest BCUT2D eigenvalue weighted by molar-refractivity contribution is 5.75. The molecule has 0 unspecified atom stereocenters. The number of ether oxygens (including phenoxy) is 1. The zero-order chi connectivity index (χ0) is 11.2. The van der Waals surface area contributed by atoms with E-state index in [9.17, 15) is 4.79 Å². The molecular weight excluding hydrogens is 178 g/mol. The summed E-state index contributed by atoms with van der Waals surface area (Å²) in [5, 5.41) is 2.81. The van der Waals surface area contributed by atoms with Gasteiger partial charge >= 0.3 is 0 Å². The molecule has 0 fully saturated rings. The third kappa shape index (κ3) is 14.0. The first-order valence-electron chi connectivity index (χ1n) is 5.65. The molecule has 0 aromatic rings. The van der Waals surface area contributed by atoms with Crippen molar-refractivity contribution in [2.75, 3.05) is 19.8 Å². The van der Waals surface area contributed by atoms with E-state index in [1.54, 1.807) is 0 Å². The molecule has 3 nitrogen and oxygen atoms in total. The van der Waals surface area contributed by atoms with Crippen LogP contribution in [0.25, 0.3) is 0 Å². The Labute approximate surface area is 89.7 Å². The van der Waals surface area contributed by atoms with Gasteiger partial charge in [-0.25, -0.2) is 0 Å². The van der Waals surface area contributed by atoms with E-state index >= 15 is 0 Å². The minimum Gasteiger partial charge on any atom is -0.382 e. The van der Waals surface area contributed by atoms with Crippen LogP contribution in [0.15, 0.2) is 0 Å². The lowest BCUT2D eigenvalue weighted by molar-refractivity contribution is -0.120. The van der Waals surface area contributed by atoms with Gasteiger partial charge < -0.3 is 10.1 Å². The van der Waals surface area contributed by atoms with Crippen molar-refractivity contribution < 1.29 is 11.0 Å². The predicted molar refractivity (Wildman–Crippen MR) is 62.5 cm³/mol. The van der Waals surface area contributed by atoms with Gasteiger partial charge in [0.1, 0.15) is 0 Å². The van der Waals surface area contributed by atoms with Gasteiger partial charge in [0, 0.05) is 27.6 Å². The second-order valence-corrected chi connectivity index (χ2v) is 2.61. The number of carbonyl (C=O) groups excluding carboxylic acids is 1. The van der Waals surface area contributed by atoms with Gasteiger partial charge in [0.05, 0.1) is 0 Å². The summed E-state index contributed by atoms with van der Waals surface area (Å²) in [7, 11) is 0. The van der Waals surface area contributed by atoms with E-state index in [1.807, 2.05) is 27.7 Å². The first kappa shape index (κ1) is 15.9. The third-order valence-electron chi connectivity index (χ3n) is 1.56. The lowest BCUT2D eigenvalue weighted by Gasteiger charge is -2.03. The van der Waals surface area contributed by atoms with Gasteiger partial charge in [-0.1, -0.05) is 20.8 Å². The summed E-state index contributed by atoms with van der Waals surface area (Å²) >= 11 is 0. The fraction of sp³-hybridized carbons (Fsp3) is 0.909. The SMILES string of the molecule is CC.CCOCCCCNC(=O)CC.[HH]. The van der Waals surface area contributed by atoms with Crippen LogP contribution < -0.4 is 5.32 Å². The summed E-state index contributed by atoms with van der Waals surface area (Å²) in [5.74, 6) is 0.131. The van der Waals surface area contributed by atoms with Gasteiger partial charge in [-0.15, -0.1) is 0 Å². The summed E-state index contributed by atoms with van der Waals surface area (Å²) in [5.41, 5.74) is 0. The molecule has 0 bridgehead atoms. The average molecular weight is 205 g/mol. The molecule has 0 heterocycles. The average Bonchev–Trinajstić information content (AvgIpc) is 2.25. The topological polar surface area (TPSA) is 38.3 Å². The number of hydrogen-bond acceptors (Lipinski definition) is 2. The Balaban J connectivity index is -0.000000449. The summed E-state index contributed by atoms with van der Waals surface area (Å²) in [6.45, 7) is 10.2. The number of hydrogen-bond donors (Lipinski definition) is 1. The van der Waals surface area contributed by atoms with Crippen LogP contribution in [-0.2, 0) is 9.53 Å². The quantitative estimate of drug-likeness (QED) is 0.649. The lowest BCUT2D eigenvalue weighted by Crippen LogP contribution is -2.23. The fourth-order valence-electron chi connectivity index (χ4n) is 0.826. The Hall–Kier alpha value is -0.570. The molecule has 88 valence electrons. The van der Waals surface area contributed by atoms with Gasteiger partial charge in [0.25, 0.3) is 0 Å². The van der Waals surface area contributed by atoms with Gasteiger partial charge in [-0.3, -0.25) is 4.79 Å². The molecule has 0 atom stereocenters. The molecular formula is C11H27NO2. The Kier molecular flexibility index (Phi) is 16.9. The minimum absolute atomic E-state index is 0. The third-order valence-corrected chi connectivity index (χ3v) is 1.56. The summed E-state index contributed by atoms with van der Waals surface area (Å²) in [6.07, 6.45) is 2.61. The molecule has 0 aromatic heterocycles. The number of carbonyl (C=O) groups is 1. The van der Waals surface area contributed by atoms with Crippen LogP contribution in [0.3, 0.4) is 0 Å². The molecule has 0 aliphatic rings. The Morgan fingerprint density at radius 3 is 2.43 bits per heavy atom. The highest BCUT2D eigenvalue weighted by Gasteiger charge is 1.94. The van der Waals surface area contributed by atoms with Crippen LogP contribution in [0.4, 0.5) is 0 Å². The second-order valence-electron chi connectivity index (χ2n) is 2.61. The second kappa shape index (κ2) is 14.9.